The fraction of sp³-hybridized carbons (Fsp3) is 0.391. The summed E-state index contributed by atoms with van der Waals surface area (Å²) in [5.41, 5.74) is 1.91. The van der Waals surface area contributed by atoms with Crippen molar-refractivity contribution >= 4 is 15.7 Å². The molecule has 3 heterocycles. The summed E-state index contributed by atoms with van der Waals surface area (Å²) in [7, 11) is -1.79. The largest absolute Gasteiger partial charge is 0.468 e. The third kappa shape index (κ3) is 4.49. The average molecular weight is 457 g/mol. The van der Waals surface area contributed by atoms with Crippen LogP contribution in [0.15, 0.2) is 52.0 Å². The number of carbonyl (C=O) groups excluding carboxylic acids is 1. The van der Waals surface area contributed by atoms with Gasteiger partial charge in [-0.15, -0.1) is 0 Å². The summed E-state index contributed by atoms with van der Waals surface area (Å²) in [6, 6.07) is 10.7. The number of nitrogens with one attached hydrogen (secondary N) is 1. The van der Waals surface area contributed by atoms with Crippen molar-refractivity contribution in [1.29, 1.82) is 0 Å². The summed E-state index contributed by atoms with van der Waals surface area (Å²) in [5.74, 6) is 0.303. The average Bonchev–Trinajstić information content (AvgIpc) is 3.39. The minimum Gasteiger partial charge on any atom is -0.468 e. The lowest BCUT2D eigenvalue weighted by atomic mass is 10.1. The highest BCUT2D eigenvalue weighted by atomic mass is 32.2. The SMILES string of the molecule is CCCCN(CCNC(=O)c1nn(C)c2c1CS(=O)(=O)c1ccccc1-2)Cc1ccco1. The highest BCUT2D eigenvalue weighted by Crippen LogP contribution is 2.38. The molecule has 0 saturated heterocycles. The van der Waals surface area contributed by atoms with E-state index < -0.39 is 9.84 Å². The number of nitrogens with zero attached hydrogens (tertiary/aromatic N) is 3. The van der Waals surface area contributed by atoms with Gasteiger partial charge in [-0.2, -0.15) is 5.10 Å². The van der Waals surface area contributed by atoms with E-state index in [1.165, 1.54) is 0 Å². The zero-order chi connectivity index (χ0) is 22.7. The Balaban J connectivity index is 1.48. The first-order valence-corrected chi connectivity index (χ1v) is 12.5. The normalized spacial score (nSPS) is 14.2. The maximum atomic E-state index is 12.9. The molecule has 1 aliphatic rings. The Hall–Kier alpha value is -2.91. The Bertz CT molecular complexity index is 1200. The quantitative estimate of drug-likeness (QED) is 0.532. The minimum atomic E-state index is -3.52. The molecule has 8 nitrogen and oxygen atoms in total. The standard InChI is InChI=1S/C23H28N4O4S/c1-3-4-12-27(15-17-8-7-14-31-17)13-11-24-23(28)21-19-16-32(29,30)20-10-6-5-9-18(20)22(19)26(2)25-21/h5-10,14H,3-4,11-13,15-16H2,1-2H3,(H,24,28). The van der Waals surface area contributed by atoms with Crippen molar-refractivity contribution in [2.45, 2.75) is 37.0 Å². The van der Waals surface area contributed by atoms with Gasteiger partial charge >= 0.3 is 0 Å². The second-order valence-electron chi connectivity index (χ2n) is 8.02. The van der Waals surface area contributed by atoms with Crippen LogP contribution in [0.25, 0.3) is 11.3 Å². The fourth-order valence-corrected chi connectivity index (χ4v) is 5.71. The van der Waals surface area contributed by atoms with Gasteiger partial charge in [-0.1, -0.05) is 31.5 Å². The van der Waals surface area contributed by atoms with E-state index in [2.05, 4.69) is 22.2 Å². The third-order valence-corrected chi connectivity index (χ3v) is 7.37. The molecule has 170 valence electrons. The Morgan fingerprint density at radius 2 is 2.03 bits per heavy atom. The van der Waals surface area contributed by atoms with E-state index in [4.69, 9.17) is 4.42 Å². The number of hydrogen-bond donors (Lipinski definition) is 1. The molecule has 1 amide bonds. The second-order valence-corrected chi connectivity index (χ2v) is 9.98. The van der Waals surface area contributed by atoms with Crippen molar-refractivity contribution in [2.24, 2.45) is 7.05 Å². The predicted octanol–water partition coefficient (Wildman–Crippen LogP) is 3.00. The molecule has 0 unspecified atom stereocenters. The van der Waals surface area contributed by atoms with Crippen LogP contribution in [0.2, 0.25) is 0 Å². The lowest BCUT2D eigenvalue weighted by Gasteiger charge is -2.21. The molecule has 2 aromatic heterocycles. The molecule has 0 spiro atoms. The summed E-state index contributed by atoms with van der Waals surface area (Å²) in [5, 5.41) is 7.29. The predicted molar refractivity (Wildman–Crippen MR) is 121 cm³/mol. The summed E-state index contributed by atoms with van der Waals surface area (Å²) in [6.07, 6.45) is 3.79. The summed E-state index contributed by atoms with van der Waals surface area (Å²) in [6.45, 7) is 4.81. The highest BCUT2D eigenvalue weighted by molar-refractivity contribution is 7.90. The summed E-state index contributed by atoms with van der Waals surface area (Å²) < 4.78 is 32.6. The lowest BCUT2D eigenvalue weighted by molar-refractivity contribution is 0.0940. The van der Waals surface area contributed by atoms with Crippen molar-refractivity contribution < 1.29 is 17.6 Å². The molecule has 3 aromatic rings. The number of furan rings is 1. The Labute approximate surface area is 188 Å². The van der Waals surface area contributed by atoms with Crippen LogP contribution in [0.4, 0.5) is 0 Å². The number of aryl methyl sites for hydroxylation is 1. The van der Waals surface area contributed by atoms with Crippen molar-refractivity contribution in [2.75, 3.05) is 19.6 Å². The number of benzene rings is 1. The first kappa shape index (κ1) is 22.3. The maximum absolute atomic E-state index is 12.9. The van der Waals surface area contributed by atoms with Gasteiger partial charge in [0.2, 0.25) is 0 Å². The van der Waals surface area contributed by atoms with Crippen molar-refractivity contribution in [1.82, 2.24) is 20.0 Å². The van der Waals surface area contributed by atoms with E-state index in [0.717, 1.165) is 25.1 Å². The van der Waals surface area contributed by atoms with E-state index in [1.54, 1.807) is 42.3 Å². The number of fused-ring (bicyclic) bond motifs is 3. The number of sulfone groups is 1. The Morgan fingerprint density at radius 3 is 2.78 bits per heavy atom. The van der Waals surface area contributed by atoms with E-state index in [-0.39, 0.29) is 22.2 Å². The van der Waals surface area contributed by atoms with Gasteiger partial charge in [0.15, 0.2) is 15.5 Å². The zero-order valence-corrected chi connectivity index (χ0v) is 19.2. The summed E-state index contributed by atoms with van der Waals surface area (Å²) >= 11 is 0. The van der Waals surface area contributed by atoms with Crippen LogP contribution in [0.1, 0.15) is 41.6 Å². The summed E-state index contributed by atoms with van der Waals surface area (Å²) in [4.78, 5) is 15.5. The molecule has 1 N–H and O–H groups in total. The van der Waals surface area contributed by atoms with Gasteiger partial charge in [0, 0.05) is 31.3 Å². The number of unbranched alkanes of at least 4 members (excludes halogenated alkanes) is 1. The number of carbonyl (C=O) groups is 1. The molecule has 1 aromatic carbocycles. The van der Waals surface area contributed by atoms with Crippen molar-refractivity contribution in [3.8, 4) is 11.3 Å². The Kier molecular flexibility index (Phi) is 6.48. The fourth-order valence-electron chi connectivity index (χ4n) is 4.11. The van der Waals surface area contributed by atoms with Crippen LogP contribution < -0.4 is 5.32 Å². The number of rotatable bonds is 9. The smallest absolute Gasteiger partial charge is 0.272 e. The van der Waals surface area contributed by atoms with Crippen LogP contribution in [-0.4, -0.2) is 48.6 Å². The van der Waals surface area contributed by atoms with Crippen LogP contribution in [0.3, 0.4) is 0 Å². The molecule has 0 saturated carbocycles. The van der Waals surface area contributed by atoms with Crippen LogP contribution in [0, 0.1) is 0 Å². The zero-order valence-electron chi connectivity index (χ0n) is 18.4. The van der Waals surface area contributed by atoms with Gasteiger partial charge in [0.1, 0.15) is 5.76 Å². The third-order valence-electron chi connectivity index (χ3n) is 5.67. The van der Waals surface area contributed by atoms with Gasteiger partial charge in [0.25, 0.3) is 5.91 Å². The molecule has 1 aliphatic heterocycles. The highest BCUT2D eigenvalue weighted by Gasteiger charge is 2.34. The van der Waals surface area contributed by atoms with Gasteiger partial charge in [0.05, 0.1) is 29.2 Å². The van der Waals surface area contributed by atoms with Crippen LogP contribution in [0.5, 0.6) is 0 Å². The second kappa shape index (κ2) is 9.30. The van der Waals surface area contributed by atoms with Crippen molar-refractivity contribution in [3.05, 3.63) is 59.7 Å². The van der Waals surface area contributed by atoms with Crippen LogP contribution >= 0.6 is 0 Å². The molecule has 9 heteroatoms. The Morgan fingerprint density at radius 1 is 1.22 bits per heavy atom. The van der Waals surface area contributed by atoms with Gasteiger partial charge < -0.3 is 9.73 Å². The van der Waals surface area contributed by atoms with E-state index in [1.807, 2.05) is 12.1 Å². The van der Waals surface area contributed by atoms with E-state index >= 15 is 0 Å². The van der Waals surface area contributed by atoms with E-state index in [9.17, 15) is 13.2 Å². The van der Waals surface area contributed by atoms with E-state index in [0.29, 0.717) is 36.5 Å². The van der Waals surface area contributed by atoms with Gasteiger partial charge in [-0.3, -0.25) is 14.4 Å². The molecule has 4 rings (SSSR count). The van der Waals surface area contributed by atoms with Gasteiger partial charge in [-0.25, -0.2) is 8.42 Å². The maximum Gasteiger partial charge on any atom is 0.272 e. The van der Waals surface area contributed by atoms with Gasteiger partial charge in [-0.05, 0) is 31.2 Å². The first-order valence-electron chi connectivity index (χ1n) is 10.8. The molecule has 0 atom stereocenters. The molecular formula is C23H28N4O4S. The molecule has 32 heavy (non-hydrogen) atoms. The molecule has 0 fully saturated rings. The van der Waals surface area contributed by atoms with Crippen LogP contribution in [-0.2, 0) is 29.2 Å². The molecule has 0 radical (unpaired) electrons. The monoisotopic (exact) mass is 456 g/mol. The number of amides is 1. The number of aromatic nitrogens is 2. The topological polar surface area (TPSA) is 97.4 Å². The van der Waals surface area contributed by atoms with Crippen molar-refractivity contribution in [3.63, 3.8) is 0 Å². The first-order chi connectivity index (χ1) is 15.4. The molecule has 0 bridgehead atoms. The lowest BCUT2D eigenvalue weighted by Crippen LogP contribution is -2.35. The number of hydrogen-bond acceptors (Lipinski definition) is 6. The molecular weight excluding hydrogens is 428 g/mol. The minimum absolute atomic E-state index is 0.173. The molecule has 0 aliphatic carbocycles.